The van der Waals surface area contributed by atoms with Crippen molar-refractivity contribution in [3.05, 3.63) is 0 Å². The third kappa shape index (κ3) is 1.66. The van der Waals surface area contributed by atoms with Gasteiger partial charge in [-0.25, -0.2) is 8.78 Å². The predicted octanol–water partition coefficient (Wildman–Crippen LogP) is 1.74. The van der Waals surface area contributed by atoms with E-state index in [-0.39, 0.29) is 6.04 Å². The van der Waals surface area contributed by atoms with Gasteiger partial charge in [-0.05, 0) is 12.8 Å². The molecular weight excluding hydrogens is 136 g/mol. The van der Waals surface area contributed by atoms with Crippen LogP contribution in [0.25, 0.3) is 0 Å². The van der Waals surface area contributed by atoms with Crippen molar-refractivity contribution in [2.45, 2.75) is 25.3 Å². The van der Waals surface area contributed by atoms with Crippen LogP contribution in [0.5, 0.6) is 0 Å². The van der Waals surface area contributed by atoms with E-state index < -0.39 is 13.5 Å². The molecule has 0 aliphatic carbocycles. The number of halogens is 2. The Bertz CT molecular complexity index is 85.6. The maximum absolute atomic E-state index is 12.1. The van der Waals surface area contributed by atoms with Crippen LogP contribution in [0.2, 0.25) is 0 Å². The zero-order valence-corrected chi connectivity index (χ0v) is 6.02. The summed E-state index contributed by atoms with van der Waals surface area (Å²) in [5.41, 5.74) is 0. The Morgan fingerprint density at radius 3 is 2.60 bits per heavy atom. The van der Waals surface area contributed by atoms with Crippen LogP contribution in [0.1, 0.15) is 19.3 Å². The zero-order valence-electron chi connectivity index (χ0n) is 6.02. The molecule has 1 heterocycles. The van der Waals surface area contributed by atoms with Gasteiger partial charge in [-0.3, -0.25) is 4.90 Å². The molecule has 0 N–H and O–H groups in total. The quantitative estimate of drug-likeness (QED) is 0.540. The number of nitrogens with zero attached hydrogens (tertiary/aromatic N) is 1. The SMILES string of the molecule is FCC1CCCCN1CF. The molecule has 3 heteroatoms. The number of rotatable bonds is 2. The van der Waals surface area contributed by atoms with Crippen molar-refractivity contribution in [3.8, 4) is 0 Å². The molecule has 0 aromatic carbocycles. The summed E-state index contributed by atoms with van der Waals surface area (Å²) in [5.74, 6) is 0. The first-order valence-corrected chi connectivity index (χ1v) is 3.74. The Labute approximate surface area is 60.0 Å². The van der Waals surface area contributed by atoms with E-state index in [1.165, 1.54) is 0 Å². The summed E-state index contributed by atoms with van der Waals surface area (Å²) >= 11 is 0. The van der Waals surface area contributed by atoms with E-state index in [0.717, 1.165) is 25.8 Å². The minimum absolute atomic E-state index is 0.140. The number of likely N-dealkylation sites (tertiary alicyclic amines) is 1. The van der Waals surface area contributed by atoms with Crippen LogP contribution in [-0.4, -0.2) is 31.0 Å². The second kappa shape index (κ2) is 3.86. The summed E-state index contributed by atoms with van der Waals surface area (Å²) in [6, 6.07) is -0.140. The van der Waals surface area contributed by atoms with Gasteiger partial charge in [0.15, 0.2) is 0 Å². The van der Waals surface area contributed by atoms with Gasteiger partial charge in [-0.15, -0.1) is 0 Å². The van der Waals surface area contributed by atoms with Crippen molar-refractivity contribution in [2.75, 3.05) is 20.0 Å². The number of piperidine rings is 1. The Kier molecular flexibility index (Phi) is 3.06. The molecule has 1 unspecified atom stereocenters. The smallest absolute Gasteiger partial charge is 0.143 e. The monoisotopic (exact) mass is 149 g/mol. The van der Waals surface area contributed by atoms with E-state index in [4.69, 9.17) is 0 Å². The van der Waals surface area contributed by atoms with Crippen molar-refractivity contribution < 1.29 is 8.78 Å². The molecule has 0 aromatic rings. The molecule has 0 bridgehead atoms. The van der Waals surface area contributed by atoms with Crippen molar-refractivity contribution in [2.24, 2.45) is 0 Å². The van der Waals surface area contributed by atoms with Crippen molar-refractivity contribution >= 4 is 0 Å². The second-order valence-electron chi connectivity index (χ2n) is 2.74. The molecule has 1 atom stereocenters. The summed E-state index contributed by atoms with van der Waals surface area (Å²) in [6.07, 6.45) is 2.88. The zero-order chi connectivity index (χ0) is 7.40. The van der Waals surface area contributed by atoms with E-state index in [1.807, 2.05) is 0 Å². The molecule has 1 aliphatic heterocycles. The van der Waals surface area contributed by atoms with E-state index in [0.29, 0.717) is 0 Å². The number of hydrogen-bond donors (Lipinski definition) is 0. The van der Waals surface area contributed by atoms with Gasteiger partial charge in [0.25, 0.3) is 0 Å². The lowest BCUT2D eigenvalue weighted by Gasteiger charge is -2.31. The molecule has 0 radical (unpaired) electrons. The molecule has 0 saturated carbocycles. The third-order valence-corrected chi connectivity index (χ3v) is 2.08. The van der Waals surface area contributed by atoms with Gasteiger partial charge in [0.05, 0.1) is 0 Å². The first-order chi connectivity index (χ1) is 4.88. The first kappa shape index (κ1) is 7.92. The predicted molar refractivity (Wildman–Crippen MR) is 36.3 cm³/mol. The van der Waals surface area contributed by atoms with Crippen LogP contribution in [0.15, 0.2) is 0 Å². The van der Waals surface area contributed by atoms with Gasteiger partial charge in [0, 0.05) is 12.6 Å². The molecule has 1 fully saturated rings. The van der Waals surface area contributed by atoms with E-state index >= 15 is 0 Å². The van der Waals surface area contributed by atoms with Crippen LogP contribution in [0.3, 0.4) is 0 Å². The fourth-order valence-electron chi connectivity index (χ4n) is 1.39. The fraction of sp³-hybridized carbons (Fsp3) is 1.00. The molecule has 60 valence electrons. The maximum Gasteiger partial charge on any atom is 0.143 e. The third-order valence-electron chi connectivity index (χ3n) is 2.08. The number of alkyl halides is 2. The molecule has 0 spiro atoms. The minimum Gasteiger partial charge on any atom is -0.271 e. The summed E-state index contributed by atoms with van der Waals surface area (Å²) in [5, 5.41) is 0. The van der Waals surface area contributed by atoms with Crippen LogP contribution in [-0.2, 0) is 0 Å². The van der Waals surface area contributed by atoms with Gasteiger partial charge in [0.1, 0.15) is 13.5 Å². The highest BCUT2D eigenvalue weighted by molar-refractivity contribution is 4.73. The Hall–Kier alpha value is -0.180. The number of hydrogen-bond acceptors (Lipinski definition) is 1. The van der Waals surface area contributed by atoms with Crippen molar-refractivity contribution in [1.82, 2.24) is 4.90 Å². The second-order valence-corrected chi connectivity index (χ2v) is 2.74. The van der Waals surface area contributed by atoms with Gasteiger partial charge < -0.3 is 0 Å². The van der Waals surface area contributed by atoms with Gasteiger partial charge in [-0.2, -0.15) is 0 Å². The highest BCUT2D eigenvalue weighted by Gasteiger charge is 2.21. The van der Waals surface area contributed by atoms with Crippen LogP contribution in [0.4, 0.5) is 8.78 Å². The van der Waals surface area contributed by atoms with Crippen molar-refractivity contribution in [1.29, 1.82) is 0 Å². The van der Waals surface area contributed by atoms with Crippen molar-refractivity contribution in [3.63, 3.8) is 0 Å². The van der Waals surface area contributed by atoms with Crippen LogP contribution >= 0.6 is 0 Å². The van der Waals surface area contributed by atoms with Crippen LogP contribution < -0.4 is 0 Å². The topological polar surface area (TPSA) is 3.24 Å². The molecule has 0 amide bonds. The minimum atomic E-state index is -0.491. The molecule has 1 saturated heterocycles. The summed E-state index contributed by atoms with van der Waals surface area (Å²) in [6.45, 7) is -0.163. The highest BCUT2D eigenvalue weighted by Crippen LogP contribution is 2.16. The summed E-state index contributed by atoms with van der Waals surface area (Å²) in [4.78, 5) is 1.57. The lowest BCUT2D eigenvalue weighted by atomic mass is 10.0. The van der Waals surface area contributed by atoms with E-state index in [1.54, 1.807) is 4.90 Å². The van der Waals surface area contributed by atoms with E-state index in [9.17, 15) is 8.78 Å². The van der Waals surface area contributed by atoms with Gasteiger partial charge >= 0.3 is 0 Å². The molecule has 1 nitrogen and oxygen atoms in total. The lowest BCUT2D eigenvalue weighted by molar-refractivity contribution is 0.0780. The normalized spacial score (nSPS) is 28.8. The van der Waals surface area contributed by atoms with Gasteiger partial charge in [-0.1, -0.05) is 6.42 Å². The largest absolute Gasteiger partial charge is 0.271 e. The standard InChI is InChI=1S/C7H13F2N/c8-5-7-3-1-2-4-10(7)6-9/h7H,1-6H2. The molecule has 10 heavy (non-hydrogen) atoms. The lowest BCUT2D eigenvalue weighted by Crippen LogP contribution is -2.40. The summed E-state index contributed by atoms with van der Waals surface area (Å²) < 4.78 is 24.2. The summed E-state index contributed by atoms with van der Waals surface area (Å²) in [7, 11) is 0. The first-order valence-electron chi connectivity index (χ1n) is 3.74. The Morgan fingerprint density at radius 1 is 1.30 bits per heavy atom. The molecule has 1 rings (SSSR count). The van der Waals surface area contributed by atoms with Gasteiger partial charge in [0.2, 0.25) is 0 Å². The van der Waals surface area contributed by atoms with E-state index in [2.05, 4.69) is 0 Å². The molecular formula is C7H13F2N. The fourth-order valence-corrected chi connectivity index (χ4v) is 1.39. The average Bonchev–Trinajstić information content (AvgIpc) is 2.04. The maximum atomic E-state index is 12.1. The molecule has 1 aliphatic rings. The Morgan fingerprint density at radius 2 is 2.10 bits per heavy atom. The Balaban J connectivity index is 2.34. The molecule has 0 aromatic heterocycles. The highest BCUT2D eigenvalue weighted by atomic mass is 19.1. The van der Waals surface area contributed by atoms with Crippen LogP contribution in [0, 0.1) is 0 Å². The average molecular weight is 149 g/mol.